The number of nitrogens with zero attached hydrogens (tertiary/aromatic N) is 3. The van der Waals surface area contributed by atoms with Crippen LogP contribution in [0.25, 0.3) is 0 Å². The average molecular weight is 760 g/mol. The largest absolute Gasteiger partial charge is 0.508 e. The van der Waals surface area contributed by atoms with Crippen LogP contribution < -0.4 is 23.7 Å². The standard InChI is InChI=1S/C39H35F2N3O7S2/c1-24(2)47-31-13-15-35(33(41)21-31)51-39-43-23-37(53-39)49-30-11-6-27(7-12-30)17-19-44(25(3)45)18-16-26-4-9-29(10-5-26)48-36-22-42-38(52-36)50-34-14-8-28(46)20-32(34)40/h4-15,20-24,46H,16-19H2,1-3H3. The Hall–Kier alpha value is -5.73. The number of hydrogen-bond acceptors (Lipinski definition) is 11. The van der Waals surface area contributed by atoms with Gasteiger partial charge in [0.05, 0.1) is 18.5 Å². The molecule has 0 atom stereocenters. The van der Waals surface area contributed by atoms with Gasteiger partial charge < -0.3 is 33.7 Å². The summed E-state index contributed by atoms with van der Waals surface area (Å²) in [5.41, 5.74) is 2.08. The molecule has 0 saturated carbocycles. The summed E-state index contributed by atoms with van der Waals surface area (Å²) in [6.45, 7) is 6.40. The van der Waals surface area contributed by atoms with Crippen molar-refractivity contribution in [3.63, 3.8) is 0 Å². The van der Waals surface area contributed by atoms with Crippen LogP contribution in [0, 0.1) is 11.6 Å². The summed E-state index contributed by atoms with van der Waals surface area (Å²) in [6.07, 6.45) is 4.26. The molecule has 0 bridgehead atoms. The van der Waals surface area contributed by atoms with E-state index in [1.54, 1.807) is 13.0 Å². The molecule has 4 aromatic carbocycles. The maximum absolute atomic E-state index is 14.5. The predicted molar refractivity (Wildman–Crippen MR) is 197 cm³/mol. The zero-order valence-electron chi connectivity index (χ0n) is 29.0. The smallest absolute Gasteiger partial charge is 0.282 e. The molecule has 0 unspecified atom stereocenters. The van der Waals surface area contributed by atoms with Crippen LogP contribution in [0.1, 0.15) is 31.9 Å². The number of halogens is 2. The molecule has 1 amide bonds. The number of carbonyl (C=O) groups excluding carboxylic acids is 1. The van der Waals surface area contributed by atoms with Gasteiger partial charge in [0, 0.05) is 32.1 Å². The number of aromatic nitrogens is 2. The highest BCUT2D eigenvalue weighted by Crippen LogP contribution is 2.37. The molecule has 0 saturated heterocycles. The van der Waals surface area contributed by atoms with Gasteiger partial charge in [-0.25, -0.2) is 18.7 Å². The molecule has 2 heterocycles. The topological polar surface area (TPSA) is 112 Å². The van der Waals surface area contributed by atoms with E-state index in [2.05, 4.69) is 9.97 Å². The van der Waals surface area contributed by atoms with E-state index in [0.29, 0.717) is 53.3 Å². The number of ether oxygens (including phenoxy) is 5. The molecule has 14 heteroatoms. The van der Waals surface area contributed by atoms with Crippen LogP contribution in [0.5, 0.6) is 55.0 Å². The number of amides is 1. The molecule has 6 rings (SSSR count). The first-order valence-corrected chi connectivity index (χ1v) is 18.2. The Morgan fingerprint density at radius 2 is 1.17 bits per heavy atom. The van der Waals surface area contributed by atoms with Gasteiger partial charge in [-0.1, -0.05) is 24.3 Å². The summed E-state index contributed by atoms with van der Waals surface area (Å²) >= 11 is 2.25. The van der Waals surface area contributed by atoms with E-state index in [1.807, 2.05) is 67.3 Å². The van der Waals surface area contributed by atoms with E-state index in [-0.39, 0.29) is 39.6 Å². The molecule has 274 valence electrons. The van der Waals surface area contributed by atoms with Gasteiger partial charge in [-0.15, -0.1) is 0 Å². The zero-order valence-corrected chi connectivity index (χ0v) is 30.6. The lowest BCUT2D eigenvalue weighted by Gasteiger charge is -2.21. The van der Waals surface area contributed by atoms with Crippen LogP contribution in [0.15, 0.2) is 97.3 Å². The van der Waals surface area contributed by atoms with Crippen molar-refractivity contribution in [2.45, 2.75) is 39.7 Å². The SMILES string of the molecule is CC(=O)N(CCc1ccc(Oc2cnc(Oc3ccc(O)cc3F)s2)cc1)CCc1ccc(Oc2cnc(Oc3ccc(OC(C)C)cc3F)s2)cc1. The Morgan fingerprint density at radius 1 is 0.698 bits per heavy atom. The summed E-state index contributed by atoms with van der Waals surface area (Å²) in [4.78, 5) is 22.6. The Balaban J connectivity index is 0.945. The lowest BCUT2D eigenvalue weighted by Crippen LogP contribution is -2.32. The van der Waals surface area contributed by atoms with Crippen LogP contribution in [-0.4, -0.2) is 45.1 Å². The van der Waals surface area contributed by atoms with Gasteiger partial charge in [-0.3, -0.25) is 4.79 Å². The summed E-state index contributed by atoms with van der Waals surface area (Å²) in [7, 11) is 0. The number of rotatable bonds is 16. The van der Waals surface area contributed by atoms with Crippen LogP contribution >= 0.6 is 22.7 Å². The number of phenolic OH excluding ortho intramolecular Hbond substituents is 1. The quantitative estimate of drug-likeness (QED) is 0.103. The van der Waals surface area contributed by atoms with Gasteiger partial charge in [0.2, 0.25) is 16.0 Å². The van der Waals surface area contributed by atoms with Crippen molar-refractivity contribution in [3.05, 3.63) is 120 Å². The van der Waals surface area contributed by atoms with Crippen molar-refractivity contribution in [1.29, 1.82) is 0 Å². The summed E-state index contributed by atoms with van der Waals surface area (Å²) in [6, 6.07) is 23.2. The fraction of sp³-hybridized carbons (Fsp3) is 0.205. The molecule has 0 radical (unpaired) electrons. The minimum absolute atomic E-state index is 0.0109. The van der Waals surface area contributed by atoms with Crippen LogP contribution in [0.2, 0.25) is 0 Å². The van der Waals surface area contributed by atoms with Gasteiger partial charge in [-0.2, -0.15) is 0 Å². The number of benzene rings is 4. The highest BCUT2D eigenvalue weighted by molar-refractivity contribution is 7.15. The van der Waals surface area contributed by atoms with E-state index in [0.717, 1.165) is 39.9 Å². The first-order valence-electron chi connectivity index (χ1n) is 16.6. The second-order valence-electron chi connectivity index (χ2n) is 12.0. The molecule has 0 aliphatic heterocycles. The first kappa shape index (κ1) is 37.0. The van der Waals surface area contributed by atoms with E-state index < -0.39 is 11.6 Å². The molecule has 6 aromatic rings. The molecular weight excluding hydrogens is 725 g/mol. The molecule has 0 aliphatic carbocycles. The number of hydrogen-bond donors (Lipinski definition) is 1. The second kappa shape index (κ2) is 17.2. The van der Waals surface area contributed by atoms with Gasteiger partial charge >= 0.3 is 0 Å². The van der Waals surface area contributed by atoms with Crippen molar-refractivity contribution in [3.8, 4) is 55.0 Å². The summed E-state index contributed by atoms with van der Waals surface area (Å²) in [5.74, 6) is 0.145. The first-order chi connectivity index (χ1) is 25.6. The summed E-state index contributed by atoms with van der Waals surface area (Å²) < 4.78 is 56.9. The second-order valence-corrected chi connectivity index (χ2v) is 13.9. The van der Waals surface area contributed by atoms with Gasteiger partial charge in [0.15, 0.2) is 23.1 Å². The van der Waals surface area contributed by atoms with Gasteiger partial charge in [0.1, 0.15) is 23.0 Å². The van der Waals surface area contributed by atoms with Crippen LogP contribution in [0.3, 0.4) is 0 Å². The highest BCUT2D eigenvalue weighted by Gasteiger charge is 2.14. The fourth-order valence-corrected chi connectivity index (χ4v) is 6.29. The number of aromatic hydroxyl groups is 1. The van der Waals surface area contributed by atoms with Crippen molar-refractivity contribution >= 4 is 28.6 Å². The number of thiazole rings is 2. The van der Waals surface area contributed by atoms with E-state index in [9.17, 15) is 18.7 Å². The average Bonchev–Trinajstić information content (AvgIpc) is 3.77. The normalized spacial score (nSPS) is 11.0. The van der Waals surface area contributed by atoms with Crippen LogP contribution in [0.4, 0.5) is 8.78 Å². The minimum Gasteiger partial charge on any atom is -0.508 e. The third-order valence-electron chi connectivity index (χ3n) is 7.58. The third kappa shape index (κ3) is 10.7. The van der Waals surface area contributed by atoms with E-state index >= 15 is 0 Å². The molecule has 53 heavy (non-hydrogen) atoms. The fourth-order valence-electron chi connectivity index (χ4n) is 4.98. The Morgan fingerprint density at radius 3 is 1.62 bits per heavy atom. The van der Waals surface area contributed by atoms with Gasteiger partial charge in [0.25, 0.3) is 10.4 Å². The lowest BCUT2D eigenvalue weighted by molar-refractivity contribution is -0.128. The zero-order chi connectivity index (χ0) is 37.3. The molecule has 10 nitrogen and oxygen atoms in total. The van der Waals surface area contributed by atoms with E-state index in [4.69, 9.17) is 23.7 Å². The Kier molecular flexibility index (Phi) is 12.0. The Labute approximate surface area is 312 Å². The third-order valence-corrected chi connectivity index (χ3v) is 9.09. The summed E-state index contributed by atoms with van der Waals surface area (Å²) in [5, 5.41) is 10.8. The lowest BCUT2D eigenvalue weighted by atomic mass is 10.1. The molecule has 0 aliphatic rings. The van der Waals surface area contributed by atoms with Crippen molar-refractivity contribution < 1.29 is 42.4 Å². The maximum atomic E-state index is 14.5. The van der Waals surface area contributed by atoms with E-state index in [1.165, 1.54) is 36.7 Å². The number of phenols is 1. The van der Waals surface area contributed by atoms with Gasteiger partial charge in [-0.05, 0) is 109 Å². The minimum atomic E-state index is -0.700. The Bertz CT molecular complexity index is 2140. The maximum Gasteiger partial charge on any atom is 0.282 e. The van der Waals surface area contributed by atoms with Crippen molar-refractivity contribution in [2.75, 3.05) is 13.1 Å². The molecule has 2 aromatic heterocycles. The predicted octanol–water partition coefficient (Wildman–Crippen LogP) is 10.2. The van der Waals surface area contributed by atoms with Crippen LogP contribution in [-0.2, 0) is 17.6 Å². The number of carbonyl (C=O) groups is 1. The molecular formula is C39H35F2N3O7S2. The van der Waals surface area contributed by atoms with Crippen molar-refractivity contribution in [2.24, 2.45) is 0 Å². The highest BCUT2D eigenvalue weighted by atomic mass is 32.1. The molecule has 0 fully saturated rings. The molecule has 0 spiro atoms. The monoisotopic (exact) mass is 759 g/mol. The molecule has 1 N–H and O–H groups in total. The van der Waals surface area contributed by atoms with Crippen molar-refractivity contribution in [1.82, 2.24) is 14.9 Å².